The van der Waals surface area contributed by atoms with Crippen LogP contribution in [-0.4, -0.2) is 18.2 Å². The number of carboxylic acids is 1. The number of benzene rings is 1. The molecular weight excluding hydrogens is 249 g/mol. The van der Waals surface area contributed by atoms with Gasteiger partial charge in [-0.05, 0) is 29.7 Å². The van der Waals surface area contributed by atoms with Crippen molar-refractivity contribution in [2.45, 2.75) is 25.4 Å². The molecule has 1 N–H and O–H groups in total. The van der Waals surface area contributed by atoms with E-state index in [0.29, 0.717) is 0 Å². The van der Waals surface area contributed by atoms with E-state index in [0.717, 1.165) is 12.1 Å². The fraction of sp³-hybridized carbons (Fsp3) is 0.417. The van der Waals surface area contributed by atoms with Crippen LogP contribution in [0.25, 0.3) is 0 Å². The minimum Gasteiger partial charge on any atom is -0.496 e. The van der Waals surface area contributed by atoms with Crippen LogP contribution < -0.4 is 4.74 Å². The molecule has 0 heterocycles. The van der Waals surface area contributed by atoms with Gasteiger partial charge in [-0.3, -0.25) is 4.79 Å². The summed E-state index contributed by atoms with van der Waals surface area (Å²) in [5, 5.41) is 8.67. The molecule has 0 unspecified atom stereocenters. The summed E-state index contributed by atoms with van der Waals surface area (Å²) in [7, 11) is 1.33. The van der Waals surface area contributed by atoms with Crippen molar-refractivity contribution < 1.29 is 27.8 Å². The lowest BCUT2D eigenvalue weighted by Gasteiger charge is -2.16. The molecule has 0 aromatic heterocycles. The molecule has 0 radical (unpaired) electrons. The molecule has 3 nitrogen and oxygen atoms in total. The van der Waals surface area contributed by atoms with Crippen LogP contribution in [0.4, 0.5) is 13.2 Å². The van der Waals surface area contributed by atoms with E-state index < -0.39 is 23.6 Å². The lowest BCUT2D eigenvalue weighted by atomic mass is 9.95. The zero-order valence-electron chi connectivity index (χ0n) is 9.91. The fourth-order valence-electron chi connectivity index (χ4n) is 1.67. The summed E-state index contributed by atoms with van der Waals surface area (Å²) in [4.78, 5) is 10.6. The van der Waals surface area contributed by atoms with E-state index in [9.17, 15) is 18.0 Å². The topological polar surface area (TPSA) is 46.5 Å². The van der Waals surface area contributed by atoms with Crippen LogP contribution in [0.15, 0.2) is 18.2 Å². The maximum atomic E-state index is 12.6. The van der Waals surface area contributed by atoms with E-state index in [-0.39, 0.29) is 17.7 Å². The third kappa shape index (κ3) is 3.38. The van der Waals surface area contributed by atoms with E-state index in [2.05, 4.69) is 0 Å². The normalized spacial score (nSPS) is 13.2. The maximum absolute atomic E-state index is 12.6. The molecule has 0 saturated carbocycles. The number of carboxylic acid groups (broad SMARTS) is 1. The molecule has 1 rings (SSSR count). The zero-order chi connectivity index (χ0) is 13.9. The molecule has 0 aliphatic carbocycles. The first-order valence-electron chi connectivity index (χ1n) is 5.22. The lowest BCUT2D eigenvalue weighted by molar-refractivity contribution is -0.138. The van der Waals surface area contributed by atoms with Crippen molar-refractivity contribution >= 4 is 5.97 Å². The molecule has 0 bridgehead atoms. The third-order valence-electron chi connectivity index (χ3n) is 2.57. The van der Waals surface area contributed by atoms with Gasteiger partial charge < -0.3 is 9.84 Å². The standard InChI is InChI=1S/C12H13F3O3/c1-7(5-11(16)17)9-6-8(12(13,14)15)3-4-10(9)18-2/h3-4,6-7H,5H2,1-2H3,(H,16,17)/t7-/m0/s1. The summed E-state index contributed by atoms with van der Waals surface area (Å²) >= 11 is 0. The van der Waals surface area contributed by atoms with Crippen LogP contribution >= 0.6 is 0 Å². The SMILES string of the molecule is COc1ccc(C(F)(F)F)cc1[C@@H](C)CC(=O)O. The van der Waals surface area contributed by atoms with Gasteiger partial charge in [0.2, 0.25) is 0 Å². The van der Waals surface area contributed by atoms with Crippen LogP contribution in [0.1, 0.15) is 30.4 Å². The Morgan fingerprint density at radius 1 is 1.44 bits per heavy atom. The second-order valence-electron chi connectivity index (χ2n) is 3.95. The molecule has 0 spiro atoms. The predicted octanol–water partition coefficient (Wildman–Crippen LogP) is 3.29. The average molecular weight is 262 g/mol. The minimum absolute atomic E-state index is 0.245. The second kappa shape index (κ2) is 5.29. The summed E-state index contributed by atoms with van der Waals surface area (Å²) in [5.41, 5.74) is -0.565. The average Bonchev–Trinajstić information content (AvgIpc) is 2.26. The quantitative estimate of drug-likeness (QED) is 0.905. The van der Waals surface area contributed by atoms with Crippen molar-refractivity contribution in [3.63, 3.8) is 0 Å². The summed E-state index contributed by atoms with van der Waals surface area (Å²) < 4.78 is 42.7. The Kier molecular flexibility index (Phi) is 4.21. The lowest BCUT2D eigenvalue weighted by Crippen LogP contribution is -2.09. The summed E-state index contributed by atoms with van der Waals surface area (Å²) in [6.07, 6.45) is -4.71. The van der Waals surface area contributed by atoms with Crippen molar-refractivity contribution in [2.24, 2.45) is 0 Å². The first-order chi connectivity index (χ1) is 8.25. The number of rotatable bonds is 4. The molecule has 6 heteroatoms. The van der Waals surface area contributed by atoms with Crippen LogP contribution in [0.5, 0.6) is 5.75 Å². The van der Waals surface area contributed by atoms with E-state index in [4.69, 9.17) is 9.84 Å². The Morgan fingerprint density at radius 2 is 2.06 bits per heavy atom. The number of carbonyl (C=O) groups is 1. The van der Waals surface area contributed by atoms with Gasteiger partial charge in [-0.2, -0.15) is 13.2 Å². The van der Waals surface area contributed by atoms with Gasteiger partial charge >= 0.3 is 12.1 Å². The molecular formula is C12H13F3O3. The van der Waals surface area contributed by atoms with Gasteiger partial charge in [0.15, 0.2) is 0 Å². The summed E-state index contributed by atoms with van der Waals surface area (Å²) in [6, 6.07) is 3.05. The second-order valence-corrected chi connectivity index (χ2v) is 3.95. The highest BCUT2D eigenvalue weighted by Crippen LogP contribution is 2.36. The van der Waals surface area contributed by atoms with Crippen molar-refractivity contribution in [3.05, 3.63) is 29.3 Å². The third-order valence-corrected chi connectivity index (χ3v) is 2.57. The van der Waals surface area contributed by atoms with E-state index in [1.807, 2.05) is 0 Å². The molecule has 18 heavy (non-hydrogen) atoms. The number of aliphatic carboxylic acids is 1. The Labute approximate surface area is 102 Å². The Morgan fingerprint density at radius 3 is 2.50 bits per heavy atom. The summed E-state index contributed by atoms with van der Waals surface area (Å²) in [5.74, 6) is -1.36. The van der Waals surface area contributed by atoms with Gasteiger partial charge in [0.1, 0.15) is 5.75 Å². The predicted molar refractivity (Wildman–Crippen MR) is 58.7 cm³/mol. The molecule has 0 aliphatic rings. The van der Waals surface area contributed by atoms with Gasteiger partial charge in [0.25, 0.3) is 0 Å². The monoisotopic (exact) mass is 262 g/mol. The first kappa shape index (κ1) is 14.3. The molecule has 1 aromatic carbocycles. The van der Waals surface area contributed by atoms with Crippen LogP contribution in [0.2, 0.25) is 0 Å². The van der Waals surface area contributed by atoms with Crippen LogP contribution in [-0.2, 0) is 11.0 Å². The number of hydrogen-bond donors (Lipinski definition) is 1. The van der Waals surface area contributed by atoms with Crippen molar-refractivity contribution in [3.8, 4) is 5.75 Å². The molecule has 1 aromatic rings. The zero-order valence-corrected chi connectivity index (χ0v) is 9.91. The molecule has 0 amide bonds. The van der Waals surface area contributed by atoms with E-state index in [1.54, 1.807) is 6.92 Å². The van der Waals surface area contributed by atoms with Crippen molar-refractivity contribution in [2.75, 3.05) is 7.11 Å². The molecule has 100 valence electrons. The smallest absolute Gasteiger partial charge is 0.416 e. The van der Waals surface area contributed by atoms with Gasteiger partial charge in [0.05, 0.1) is 19.1 Å². The highest BCUT2D eigenvalue weighted by Gasteiger charge is 2.31. The highest BCUT2D eigenvalue weighted by molar-refractivity contribution is 5.68. The van der Waals surface area contributed by atoms with Gasteiger partial charge in [-0.25, -0.2) is 0 Å². The van der Waals surface area contributed by atoms with Gasteiger partial charge in [-0.15, -0.1) is 0 Å². The number of methoxy groups -OCH3 is 1. The Hall–Kier alpha value is -1.72. The van der Waals surface area contributed by atoms with E-state index in [1.165, 1.54) is 13.2 Å². The van der Waals surface area contributed by atoms with Gasteiger partial charge in [-0.1, -0.05) is 6.92 Å². The van der Waals surface area contributed by atoms with E-state index >= 15 is 0 Å². The number of alkyl halides is 3. The highest BCUT2D eigenvalue weighted by atomic mass is 19.4. The Bertz CT molecular complexity index is 441. The molecule has 1 atom stereocenters. The minimum atomic E-state index is -4.45. The largest absolute Gasteiger partial charge is 0.496 e. The van der Waals surface area contributed by atoms with Crippen molar-refractivity contribution in [1.82, 2.24) is 0 Å². The molecule has 0 aliphatic heterocycles. The fourth-order valence-corrected chi connectivity index (χ4v) is 1.67. The number of hydrogen-bond acceptors (Lipinski definition) is 2. The Balaban J connectivity index is 3.17. The van der Waals surface area contributed by atoms with Crippen LogP contribution in [0, 0.1) is 0 Å². The first-order valence-corrected chi connectivity index (χ1v) is 5.22. The molecule has 0 fully saturated rings. The maximum Gasteiger partial charge on any atom is 0.416 e. The summed E-state index contributed by atoms with van der Waals surface area (Å²) in [6.45, 7) is 1.55. The van der Waals surface area contributed by atoms with Gasteiger partial charge in [0, 0.05) is 0 Å². The van der Waals surface area contributed by atoms with Crippen molar-refractivity contribution in [1.29, 1.82) is 0 Å². The number of halogens is 3. The molecule has 0 saturated heterocycles. The van der Waals surface area contributed by atoms with Crippen LogP contribution in [0.3, 0.4) is 0 Å². The number of ether oxygens (including phenoxy) is 1.